The lowest BCUT2D eigenvalue weighted by molar-refractivity contribution is -0.144. The third-order valence-corrected chi connectivity index (χ3v) is 4.81. The molecule has 2 amide bonds. The summed E-state index contributed by atoms with van der Waals surface area (Å²) in [7, 11) is 1.56. The number of carbonyl (C=O) groups excluding carboxylic acids is 3. The minimum absolute atomic E-state index is 0.00101. The minimum atomic E-state index is -0.518. The Bertz CT molecular complexity index is 1130. The summed E-state index contributed by atoms with van der Waals surface area (Å²) in [6, 6.07) is 25.0. The van der Waals surface area contributed by atoms with Crippen molar-refractivity contribution in [2.75, 3.05) is 13.7 Å². The zero-order chi connectivity index (χ0) is 24.2. The van der Waals surface area contributed by atoms with Crippen LogP contribution in [0.25, 0.3) is 6.08 Å². The van der Waals surface area contributed by atoms with Crippen LogP contribution in [0, 0.1) is 0 Å². The molecule has 174 valence electrons. The van der Waals surface area contributed by atoms with Gasteiger partial charge >= 0.3 is 5.97 Å². The Morgan fingerprint density at radius 1 is 0.853 bits per heavy atom. The van der Waals surface area contributed by atoms with Gasteiger partial charge in [0.1, 0.15) is 18.1 Å². The standard InChI is InChI=1S/C27H26N2O5/c1-33-23-14-12-20(13-15-23)18-24(29-26(31)22-10-6-3-7-11-22)27(32)28-17-16-25(30)34-19-21-8-4-2-5-9-21/h2-15,18H,16-17,19H2,1H3,(H,28,32)(H,29,31)/b24-18+. The summed E-state index contributed by atoms with van der Waals surface area (Å²) in [6.07, 6.45) is 1.56. The minimum Gasteiger partial charge on any atom is -0.497 e. The van der Waals surface area contributed by atoms with Gasteiger partial charge in [-0.05, 0) is 41.5 Å². The van der Waals surface area contributed by atoms with Crippen molar-refractivity contribution in [1.29, 1.82) is 0 Å². The molecule has 0 bridgehead atoms. The molecule has 3 aromatic carbocycles. The number of amides is 2. The molecular weight excluding hydrogens is 432 g/mol. The van der Waals surface area contributed by atoms with E-state index >= 15 is 0 Å². The van der Waals surface area contributed by atoms with Crippen molar-refractivity contribution in [2.24, 2.45) is 0 Å². The first-order chi connectivity index (χ1) is 16.5. The van der Waals surface area contributed by atoms with Gasteiger partial charge in [0.05, 0.1) is 13.5 Å². The van der Waals surface area contributed by atoms with Gasteiger partial charge in [0.25, 0.3) is 11.8 Å². The maximum absolute atomic E-state index is 12.8. The van der Waals surface area contributed by atoms with Crippen molar-refractivity contribution in [2.45, 2.75) is 13.0 Å². The number of carbonyl (C=O) groups is 3. The summed E-state index contributed by atoms with van der Waals surface area (Å²) in [5.74, 6) is -0.697. The fourth-order valence-corrected chi connectivity index (χ4v) is 2.99. The zero-order valence-corrected chi connectivity index (χ0v) is 18.8. The van der Waals surface area contributed by atoms with Gasteiger partial charge < -0.3 is 20.1 Å². The van der Waals surface area contributed by atoms with Crippen molar-refractivity contribution in [3.05, 3.63) is 107 Å². The van der Waals surface area contributed by atoms with E-state index in [0.717, 1.165) is 5.56 Å². The lowest BCUT2D eigenvalue weighted by Crippen LogP contribution is -2.35. The van der Waals surface area contributed by atoms with E-state index in [0.29, 0.717) is 16.9 Å². The van der Waals surface area contributed by atoms with Gasteiger partial charge in [-0.15, -0.1) is 0 Å². The van der Waals surface area contributed by atoms with Crippen molar-refractivity contribution in [3.63, 3.8) is 0 Å². The van der Waals surface area contributed by atoms with Gasteiger partial charge in [-0.3, -0.25) is 14.4 Å². The van der Waals surface area contributed by atoms with E-state index < -0.39 is 17.8 Å². The summed E-state index contributed by atoms with van der Waals surface area (Å²) in [6.45, 7) is 0.233. The molecule has 0 heterocycles. The number of benzene rings is 3. The molecule has 7 nitrogen and oxygen atoms in total. The van der Waals surface area contributed by atoms with E-state index in [1.54, 1.807) is 67.8 Å². The number of esters is 1. The first-order valence-electron chi connectivity index (χ1n) is 10.7. The molecule has 0 spiro atoms. The third-order valence-electron chi connectivity index (χ3n) is 4.81. The normalized spacial score (nSPS) is 10.8. The van der Waals surface area contributed by atoms with Gasteiger partial charge in [0, 0.05) is 12.1 Å². The fraction of sp³-hybridized carbons (Fsp3) is 0.148. The quantitative estimate of drug-likeness (QED) is 0.357. The Morgan fingerprint density at radius 3 is 2.15 bits per heavy atom. The van der Waals surface area contributed by atoms with Crippen molar-refractivity contribution in [1.82, 2.24) is 10.6 Å². The maximum atomic E-state index is 12.8. The molecule has 0 radical (unpaired) electrons. The monoisotopic (exact) mass is 458 g/mol. The molecule has 0 atom stereocenters. The Labute approximate surface area is 198 Å². The number of rotatable bonds is 10. The van der Waals surface area contributed by atoms with Crippen molar-refractivity contribution >= 4 is 23.9 Å². The van der Waals surface area contributed by atoms with Crippen LogP contribution in [0.3, 0.4) is 0 Å². The average molecular weight is 459 g/mol. The summed E-state index contributed by atoms with van der Waals surface area (Å²) in [5.41, 5.74) is 2.05. The second-order valence-electron chi connectivity index (χ2n) is 7.30. The van der Waals surface area contributed by atoms with Gasteiger partial charge in [0.2, 0.25) is 0 Å². The summed E-state index contributed by atoms with van der Waals surface area (Å²) < 4.78 is 10.4. The summed E-state index contributed by atoms with van der Waals surface area (Å²) in [5, 5.41) is 5.32. The molecule has 0 fully saturated rings. The number of methoxy groups -OCH3 is 1. The highest BCUT2D eigenvalue weighted by molar-refractivity contribution is 6.05. The molecule has 0 aliphatic carbocycles. The van der Waals surface area contributed by atoms with Crippen LogP contribution >= 0.6 is 0 Å². The van der Waals surface area contributed by atoms with Crippen molar-refractivity contribution in [3.8, 4) is 5.75 Å². The molecule has 0 aliphatic rings. The second kappa shape index (κ2) is 12.6. The molecule has 0 unspecified atom stereocenters. The molecule has 3 rings (SSSR count). The molecule has 0 saturated heterocycles. The van der Waals surface area contributed by atoms with Gasteiger partial charge in [0.15, 0.2) is 0 Å². The lowest BCUT2D eigenvalue weighted by atomic mass is 10.1. The Hall–Kier alpha value is -4.39. The fourth-order valence-electron chi connectivity index (χ4n) is 2.99. The van der Waals surface area contributed by atoms with Crippen LogP contribution in [-0.4, -0.2) is 31.4 Å². The van der Waals surface area contributed by atoms with E-state index in [2.05, 4.69) is 10.6 Å². The number of nitrogens with one attached hydrogen (secondary N) is 2. The first-order valence-corrected chi connectivity index (χ1v) is 10.7. The average Bonchev–Trinajstić information content (AvgIpc) is 2.88. The number of ether oxygens (including phenoxy) is 2. The van der Waals surface area contributed by atoms with Crippen LogP contribution in [0.4, 0.5) is 0 Å². The van der Waals surface area contributed by atoms with Crippen LogP contribution in [0.2, 0.25) is 0 Å². The van der Waals surface area contributed by atoms with E-state index in [9.17, 15) is 14.4 Å². The Kier molecular flexibility index (Phi) is 8.99. The van der Waals surface area contributed by atoms with Crippen LogP contribution in [-0.2, 0) is 20.9 Å². The largest absolute Gasteiger partial charge is 0.497 e. The molecule has 3 aromatic rings. The topological polar surface area (TPSA) is 93.7 Å². The maximum Gasteiger partial charge on any atom is 0.307 e. The molecular formula is C27H26N2O5. The third kappa shape index (κ3) is 7.63. The molecule has 7 heteroatoms. The van der Waals surface area contributed by atoms with E-state index in [1.807, 2.05) is 30.3 Å². The Balaban J connectivity index is 1.61. The van der Waals surface area contributed by atoms with Crippen LogP contribution in [0.15, 0.2) is 90.6 Å². The van der Waals surface area contributed by atoms with Crippen molar-refractivity contribution < 1.29 is 23.9 Å². The predicted octanol–water partition coefficient (Wildman–Crippen LogP) is 3.72. The summed E-state index contributed by atoms with van der Waals surface area (Å²) in [4.78, 5) is 37.5. The van der Waals surface area contributed by atoms with E-state index in [4.69, 9.17) is 9.47 Å². The number of hydrogen-bond donors (Lipinski definition) is 2. The van der Waals surface area contributed by atoms with E-state index in [1.165, 1.54) is 0 Å². The van der Waals surface area contributed by atoms with Gasteiger partial charge in [-0.25, -0.2) is 0 Å². The smallest absolute Gasteiger partial charge is 0.307 e. The highest BCUT2D eigenvalue weighted by atomic mass is 16.5. The van der Waals surface area contributed by atoms with Crippen LogP contribution < -0.4 is 15.4 Å². The highest BCUT2D eigenvalue weighted by Crippen LogP contribution is 2.14. The first kappa shape index (κ1) is 24.3. The molecule has 0 saturated carbocycles. The number of hydrogen-bond acceptors (Lipinski definition) is 5. The SMILES string of the molecule is COc1ccc(/C=C(/NC(=O)c2ccccc2)C(=O)NCCC(=O)OCc2ccccc2)cc1. The van der Waals surface area contributed by atoms with Crippen LogP contribution in [0.1, 0.15) is 27.9 Å². The zero-order valence-electron chi connectivity index (χ0n) is 18.8. The molecule has 2 N–H and O–H groups in total. The van der Waals surface area contributed by atoms with Crippen LogP contribution in [0.5, 0.6) is 5.75 Å². The lowest BCUT2D eigenvalue weighted by Gasteiger charge is -2.11. The molecule has 34 heavy (non-hydrogen) atoms. The van der Waals surface area contributed by atoms with Gasteiger partial charge in [-0.1, -0.05) is 60.7 Å². The Morgan fingerprint density at radius 2 is 1.50 bits per heavy atom. The molecule has 0 aromatic heterocycles. The highest BCUT2D eigenvalue weighted by Gasteiger charge is 2.15. The van der Waals surface area contributed by atoms with E-state index in [-0.39, 0.29) is 25.3 Å². The molecule has 0 aliphatic heterocycles. The second-order valence-corrected chi connectivity index (χ2v) is 7.30. The van der Waals surface area contributed by atoms with Gasteiger partial charge in [-0.2, -0.15) is 0 Å². The predicted molar refractivity (Wildman–Crippen MR) is 129 cm³/mol. The summed E-state index contributed by atoms with van der Waals surface area (Å²) >= 11 is 0.